The van der Waals surface area contributed by atoms with Crippen molar-refractivity contribution in [3.05, 3.63) is 47.1 Å². The van der Waals surface area contributed by atoms with Gasteiger partial charge in [-0.25, -0.2) is 0 Å². The summed E-state index contributed by atoms with van der Waals surface area (Å²) in [6.07, 6.45) is 5.89. The van der Waals surface area contributed by atoms with Crippen molar-refractivity contribution in [3.8, 4) is 0 Å². The molecule has 1 heterocycles. The number of nitrogens with one attached hydrogen (secondary N) is 1. The summed E-state index contributed by atoms with van der Waals surface area (Å²) in [5.74, 6) is 0. The molecule has 2 aromatic rings. The van der Waals surface area contributed by atoms with E-state index in [0.717, 1.165) is 27.2 Å². The van der Waals surface area contributed by atoms with Crippen molar-refractivity contribution in [2.45, 2.75) is 6.92 Å². The second-order valence-electron chi connectivity index (χ2n) is 3.35. The summed E-state index contributed by atoms with van der Waals surface area (Å²) in [5.41, 5.74) is 3.26. The van der Waals surface area contributed by atoms with Gasteiger partial charge in [0, 0.05) is 27.2 Å². The van der Waals surface area contributed by atoms with Crippen LogP contribution in [0.2, 0.25) is 5.02 Å². The number of H-pyrrole nitrogens is 1. The lowest BCUT2D eigenvalue weighted by molar-refractivity contribution is 1.42. The molecule has 0 fully saturated rings. The third-order valence-electron chi connectivity index (χ3n) is 2.37. The summed E-state index contributed by atoms with van der Waals surface area (Å²) in [4.78, 5) is 3.30. The molecule has 0 unspecified atom stereocenters. The molecule has 1 aromatic carbocycles. The molecule has 0 saturated heterocycles. The first-order valence-corrected chi connectivity index (χ1v) is 5.20. The average molecular weight is 218 g/mol. The quantitative estimate of drug-likeness (QED) is 0.763. The molecular weight excluding hydrogens is 206 g/mol. The van der Waals surface area contributed by atoms with E-state index in [-0.39, 0.29) is 0 Å². The smallest absolute Gasteiger partial charge is 0.0465 e. The Morgan fingerprint density at radius 2 is 2.20 bits per heavy atom. The van der Waals surface area contributed by atoms with E-state index in [9.17, 15) is 0 Å². The highest BCUT2D eigenvalue weighted by molar-refractivity contribution is 6.31. The van der Waals surface area contributed by atoms with E-state index in [2.05, 4.69) is 17.6 Å². The summed E-state index contributed by atoms with van der Waals surface area (Å²) in [6, 6.07) is 5.83. The van der Waals surface area contributed by atoms with E-state index in [1.807, 2.05) is 37.3 Å². The number of aromatic amines is 1. The van der Waals surface area contributed by atoms with E-state index in [1.54, 1.807) is 0 Å². The van der Waals surface area contributed by atoms with E-state index < -0.39 is 0 Å². The highest BCUT2D eigenvalue weighted by atomic mass is 35.5. The fraction of sp³-hybridized carbons (Fsp3) is 0.0769. The number of aromatic nitrogens is 1. The van der Waals surface area contributed by atoms with Crippen LogP contribution in [0.5, 0.6) is 0 Å². The summed E-state index contributed by atoms with van der Waals surface area (Å²) >= 11 is 5.98. The Kier molecular flexibility index (Phi) is 2.65. The molecule has 1 nitrogen and oxygen atoms in total. The van der Waals surface area contributed by atoms with Gasteiger partial charge in [0.1, 0.15) is 0 Å². The normalized spacial score (nSPS) is 11.3. The van der Waals surface area contributed by atoms with Gasteiger partial charge < -0.3 is 4.98 Å². The Balaban J connectivity index is 2.81. The molecule has 0 aliphatic heterocycles. The molecule has 2 heteroatoms. The molecule has 0 amide bonds. The number of hydrogen-bond donors (Lipinski definition) is 1. The van der Waals surface area contributed by atoms with Crippen molar-refractivity contribution in [1.29, 1.82) is 0 Å². The lowest BCUT2D eigenvalue weighted by atomic mass is 10.1. The Morgan fingerprint density at radius 3 is 2.87 bits per heavy atom. The first-order chi connectivity index (χ1) is 7.26. The minimum Gasteiger partial charge on any atom is -0.355 e. The number of benzene rings is 1. The van der Waals surface area contributed by atoms with Gasteiger partial charge in [-0.15, -0.1) is 0 Å². The van der Waals surface area contributed by atoms with Gasteiger partial charge in [0.05, 0.1) is 0 Å². The van der Waals surface area contributed by atoms with Crippen LogP contribution in [0.4, 0.5) is 0 Å². The van der Waals surface area contributed by atoms with Crippen LogP contribution < -0.4 is 0 Å². The molecule has 0 aliphatic carbocycles. The maximum Gasteiger partial charge on any atom is 0.0465 e. The topological polar surface area (TPSA) is 15.8 Å². The zero-order valence-corrected chi connectivity index (χ0v) is 9.31. The Labute approximate surface area is 94.1 Å². The summed E-state index contributed by atoms with van der Waals surface area (Å²) in [5, 5.41) is 1.89. The fourth-order valence-electron chi connectivity index (χ4n) is 1.71. The van der Waals surface area contributed by atoms with Gasteiger partial charge in [-0.05, 0) is 31.2 Å². The Hall–Kier alpha value is -1.47. The van der Waals surface area contributed by atoms with Crippen LogP contribution in [0.3, 0.4) is 0 Å². The van der Waals surface area contributed by atoms with Gasteiger partial charge in [-0.2, -0.15) is 0 Å². The standard InChI is InChI=1S/C13H12ClN/c1-3-5-10-11-8-9(14)6-7-13(11)15-12(10)4-2/h3-8,15H,2H2,1H3/b5-3-. The second kappa shape index (κ2) is 3.95. The predicted octanol–water partition coefficient (Wildman–Crippen LogP) is 4.50. The minimum absolute atomic E-state index is 0.753. The van der Waals surface area contributed by atoms with E-state index in [0.29, 0.717) is 0 Å². The second-order valence-corrected chi connectivity index (χ2v) is 3.78. The lowest BCUT2D eigenvalue weighted by Crippen LogP contribution is -1.73. The molecular formula is C13H12ClN. The largest absolute Gasteiger partial charge is 0.355 e. The molecule has 2 rings (SSSR count). The molecule has 0 atom stereocenters. The number of rotatable bonds is 2. The zero-order chi connectivity index (χ0) is 10.8. The van der Waals surface area contributed by atoms with E-state index >= 15 is 0 Å². The molecule has 0 aliphatic rings. The van der Waals surface area contributed by atoms with Gasteiger partial charge in [-0.1, -0.05) is 30.3 Å². The predicted molar refractivity (Wildman–Crippen MR) is 68.1 cm³/mol. The molecule has 1 aromatic heterocycles. The third kappa shape index (κ3) is 1.71. The first kappa shape index (κ1) is 10.1. The van der Waals surface area contributed by atoms with Gasteiger partial charge >= 0.3 is 0 Å². The molecule has 0 radical (unpaired) electrons. The molecule has 0 spiro atoms. The Morgan fingerprint density at radius 1 is 1.40 bits per heavy atom. The molecule has 1 N–H and O–H groups in total. The highest BCUT2D eigenvalue weighted by Crippen LogP contribution is 2.27. The van der Waals surface area contributed by atoms with E-state index in [1.165, 1.54) is 0 Å². The summed E-state index contributed by atoms with van der Waals surface area (Å²) in [6.45, 7) is 5.79. The van der Waals surface area contributed by atoms with E-state index in [4.69, 9.17) is 11.6 Å². The van der Waals surface area contributed by atoms with Crippen LogP contribution >= 0.6 is 11.6 Å². The highest BCUT2D eigenvalue weighted by Gasteiger charge is 2.06. The maximum absolute atomic E-state index is 5.98. The number of allylic oxidation sites excluding steroid dienone is 1. The Bertz CT molecular complexity index is 535. The van der Waals surface area contributed by atoms with Gasteiger partial charge in [0.15, 0.2) is 0 Å². The van der Waals surface area contributed by atoms with Crippen LogP contribution in [0.1, 0.15) is 18.2 Å². The molecule has 0 saturated carbocycles. The van der Waals surface area contributed by atoms with Crippen LogP contribution in [0.25, 0.3) is 23.1 Å². The van der Waals surface area contributed by atoms with Crippen LogP contribution in [0.15, 0.2) is 30.9 Å². The van der Waals surface area contributed by atoms with Crippen molar-refractivity contribution in [1.82, 2.24) is 4.98 Å². The molecule has 76 valence electrons. The minimum atomic E-state index is 0.753. The van der Waals surface area contributed by atoms with Crippen LogP contribution in [-0.4, -0.2) is 4.98 Å². The summed E-state index contributed by atoms with van der Waals surface area (Å²) in [7, 11) is 0. The van der Waals surface area contributed by atoms with Gasteiger partial charge in [0.2, 0.25) is 0 Å². The van der Waals surface area contributed by atoms with Gasteiger partial charge in [0.25, 0.3) is 0 Å². The summed E-state index contributed by atoms with van der Waals surface area (Å²) < 4.78 is 0. The van der Waals surface area contributed by atoms with Gasteiger partial charge in [-0.3, -0.25) is 0 Å². The lowest BCUT2D eigenvalue weighted by Gasteiger charge is -1.93. The molecule has 15 heavy (non-hydrogen) atoms. The molecule has 0 bridgehead atoms. The number of hydrogen-bond acceptors (Lipinski definition) is 0. The maximum atomic E-state index is 5.98. The third-order valence-corrected chi connectivity index (χ3v) is 2.60. The number of fused-ring (bicyclic) bond motifs is 1. The van der Waals surface area contributed by atoms with Crippen LogP contribution in [-0.2, 0) is 0 Å². The average Bonchev–Trinajstić information content (AvgIpc) is 2.57. The zero-order valence-electron chi connectivity index (χ0n) is 8.55. The van der Waals surface area contributed by atoms with Crippen molar-refractivity contribution < 1.29 is 0 Å². The van der Waals surface area contributed by atoms with Crippen molar-refractivity contribution in [2.75, 3.05) is 0 Å². The van der Waals surface area contributed by atoms with Crippen molar-refractivity contribution >= 4 is 34.7 Å². The SMILES string of the molecule is C=Cc1[nH]c2ccc(Cl)cc2c1/C=C\C. The number of halogens is 1. The first-order valence-electron chi connectivity index (χ1n) is 4.82. The van der Waals surface area contributed by atoms with Crippen molar-refractivity contribution in [3.63, 3.8) is 0 Å². The fourth-order valence-corrected chi connectivity index (χ4v) is 1.89. The monoisotopic (exact) mass is 217 g/mol. The van der Waals surface area contributed by atoms with Crippen LogP contribution in [0, 0.1) is 0 Å². The van der Waals surface area contributed by atoms with Crippen molar-refractivity contribution in [2.24, 2.45) is 0 Å².